The fourth-order valence-corrected chi connectivity index (χ4v) is 3.16. The summed E-state index contributed by atoms with van der Waals surface area (Å²) in [6, 6.07) is 4.46. The van der Waals surface area contributed by atoms with Crippen LogP contribution in [0.2, 0.25) is 0 Å². The van der Waals surface area contributed by atoms with Crippen LogP contribution in [0.1, 0.15) is 62.1 Å². The Labute approximate surface area is 129 Å². The molecule has 0 N–H and O–H groups in total. The molecule has 0 saturated carbocycles. The SMILES string of the molecule is COCCCCCCC1(C)CCc2ccc(C)c(C)c2O1. The summed E-state index contributed by atoms with van der Waals surface area (Å²) in [5, 5.41) is 0. The van der Waals surface area contributed by atoms with E-state index >= 15 is 0 Å². The van der Waals surface area contributed by atoms with E-state index in [4.69, 9.17) is 9.47 Å². The van der Waals surface area contributed by atoms with E-state index in [2.05, 4.69) is 32.9 Å². The van der Waals surface area contributed by atoms with E-state index in [1.807, 2.05) is 0 Å². The second-order valence-electron chi connectivity index (χ2n) is 6.70. The molecule has 0 amide bonds. The number of fused-ring (bicyclic) bond motifs is 1. The quantitative estimate of drug-likeness (QED) is 0.659. The highest BCUT2D eigenvalue weighted by atomic mass is 16.5. The fourth-order valence-electron chi connectivity index (χ4n) is 3.16. The topological polar surface area (TPSA) is 18.5 Å². The maximum atomic E-state index is 6.43. The predicted molar refractivity (Wildman–Crippen MR) is 88.2 cm³/mol. The predicted octanol–water partition coefficient (Wildman–Crippen LogP) is 4.98. The maximum Gasteiger partial charge on any atom is 0.126 e. The third-order valence-corrected chi connectivity index (χ3v) is 4.83. The molecule has 118 valence electrons. The van der Waals surface area contributed by atoms with Crippen LogP contribution in [0.15, 0.2) is 12.1 Å². The van der Waals surface area contributed by atoms with Crippen LogP contribution in [-0.2, 0) is 11.2 Å². The summed E-state index contributed by atoms with van der Waals surface area (Å²) in [4.78, 5) is 0. The van der Waals surface area contributed by atoms with Crippen LogP contribution in [0.5, 0.6) is 5.75 Å². The second kappa shape index (κ2) is 7.31. The normalized spacial score (nSPS) is 21.0. The number of hydrogen-bond donors (Lipinski definition) is 0. The summed E-state index contributed by atoms with van der Waals surface area (Å²) >= 11 is 0. The van der Waals surface area contributed by atoms with E-state index in [-0.39, 0.29) is 5.60 Å². The standard InChI is InChI=1S/C19H30O2/c1-15-9-10-17-11-13-19(3,21-18(17)16(15)2)12-7-5-6-8-14-20-4/h9-10H,5-8,11-14H2,1-4H3. The number of rotatable bonds is 7. The number of benzene rings is 1. The van der Waals surface area contributed by atoms with E-state index in [0.29, 0.717) is 0 Å². The molecule has 0 saturated heterocycles. The summed E-state index contributed by atoms with van der Waals surface area (Å²) < 4.78 is 11.5. The first kappa shape index (κ1) is 16.4. The highest BCUT2D eigenvalue weighted by molar-refractivity contribution is 5.46. The monoisotopic (exact) mass is 290 g/mol. The van der Waals surface area contributed by atoms with Gasteiger partial charge in [0, 0.05) is 13.7 Å². The summed E-state index contributed by atoms with van der Waals surface area (Å²) in [5.74, 6) is 1.16. The molecule has 1 aliphatic heterocycles. The molecule has 1 aliphatic rings. The third-order valence-electron chi connectivity index (χ3n) is 4.83. The van der Waals surface area contributed by atoms with Crippen LogP contribution in [0, 0.1) is 13.8 Å². The van der Waals surface area contributed by atoms with Gasteiger partial charge in [-0.3, -0.25) is 0 Å². The Kier molecular flexibility index (Phi) is 5.69. The molecule has 0 radical (unpaired) electrons. The van der Waals surface area contributed by atoms with Crippen molar-refractivity contribution in [2.45, 2.75) is 71.3 Å². The number of hydrogen-bond acceptors (Lipinski definition) is 2. The zero-order chi connectivity index (χ0) is 15.3. The van der Waals surface area contributed by atoms with E-state index in [9.17, 15) is 0 Å². The van der Waals surface area contributed by atoms with Crippen LogP contribution in [0.25, 0.3) is 0 Å². The molecule has 0 bridgehead atoms. The van der Waals surface area contributed by atoms with Crippen molar-refractivity contribution in [1.29, 1.82) is 0 Å². The van der Waals surface area contributed by atoms with Crippen LogP contribution in [0.4, 0.5) is 0 Å². The fraction of sp³-hybridized carbons (Fsp3) is 0.684. The van der Waals surface area contributed by atoms with Gasteiger partial charge in [-0.2, -0.15) is 0 Å². The summed E-state index contributed by atoms with van der Waals surface area (Å²) in [6.45, 7) is 7.53. The van der Waals surface area contributed by atoms with E-state index in [0.717, 1.165) is 31.6 Å². The molecular formula is C19H30O2. The Morgan fingerprint density at radius 3 is 2.67 bits per heavy atom. The zero-order valence-corrected chi connectivity index (χ0v) is 14.1. The molecule has 2 nitrogen and oxygen atoms in total. The molecule has 1 heterocycles. The molecule has 1 atom stereocenters. The third kappa shape index (κ3) is 4.23. The van der Waals surface area contributed by atoms with Gasteiger partial charge in [-0.25, -0.2) is 0 Å². The molecule has 0 aliphatic carbocycles. The van der Waals surface area contributed by atoms with Gasteiger partial charge in [0.2, 0.25) is 0 Å². The molecule has 1 aromatic carbocycles. The molecule has 1 unspecified atom stereocenters. The molecular weight excluding hydrogens is 260 g/mol. The van der Waals surface area contributed by atoms with Gasteiger partial charge >= 0.3 is 0 Å². The van der Waals surface area contributed by atoms with Crippen LogP contribution in [0.3, 0.4) is 0 Å². The minimum absolute atomic E-state index is 0.0206. The van der Waals surface area contributed by atoms with Crippen molar-refractivity contribution >= 4 is 0 Å². The first-order valence-electron chi connectivity index (χ1n) is 8.33. The molecule has 2 rings (SSSR count). The Morgan fingerprint density at radius 2 is 1.90 bits per heavy atom. The van der Waals surface area contributed by atoms with Crippen LogP contribution in [-0.4, -0.2) is 19.3 Å². The Morgan fingerprint density at radius 1 is 1.14 bits per heavy atom. The zero-order valence-electron chi connectivity index (χ0n) is 14.1. The molecule has 0 spiro atoms. The average molecular weight is 290 g/mol. The van der Waals surface area contributed by atoms with Gasteiger partial charge in [-0.1, -0.05) is 25.0 Å². The first-order valence-corrected chi connectivity index (χ1v) is 8.33. The van der Waals surface area contributed by atoms with Crippen molar-refractivity contribution in [1.82, 2.24) is 0 Å². The van der Waals surface area contributed by atoms with Gasteiger partial charge in [0.15, 0.2) is 0 Å². The highest BCUT2D eigenvalue weighted by Gasteiger charge is 2.31. The van der Waals surface area contributed by atoms with Gasteiger partial charge in [-0.15, -0.1) is 0 Å². The van der Waals surface area contributed by atoms with Crippen molar-refractivity contribution in [3.8, 4) is 5.75 Å². The first-order chi connectivity index (χ1) is 10.1. The number of ether oxygens (including phenoxy) is 2. The number of unbranched alkanes of at least 4 members (excludes halogenated alkanes) is 3. The van der Waals surface area contributed by atoms with Crippen molar-refractivity contribution in [3.05, 3.63) is 28.8 Å². The Bertz CT molecular complexity index is 467. The van der Waals surface area contributed by atoms with Gasteiger partial charge in [0.05, 0.1) is 0 Å². The summed E-state index contributed by atoms with van der Waals surface area (Å²) in [5.41, 5.74) is 4.05. The summed E-state index contributed by atoms with van der Waals surface area (Å²) in [6.07, 6.45) is 8.42. The summed E-state index contributed by atoms with van der Waals surface area (Å²) in [7, 11) is 1.78. The van der Waals surface area contributed by atoms with Crippen LogP contribution >= 0.6 is 0 Å². The minimum atomic E-state index is 0.0206. The lowest BCUT2D eigenvalue weighted by atomic mass is 9.86. The molecule has 21 heavy (non-hydrogen) atoms. The largest absolute Gasteiger partial charge is 0.487 e. The molecule has 0 aromatic heterocycles. The lowest BCUT2D eigenvalue weighted by Crippen LogP contribution is -2.36. The van der Waals surface area contributed by atoms with Crippen molar-refractivity contribution < 1.29 is 9.47 Å². The van der Waals surface area contributed by atoms with Crippen molar-refractivity contribution in [2.75, 3.05) is 13.7 Å². The lowest BCUT2D eigenvalue weighted by Gasteiger charge is -2.37. The van der Waals surface area contributed by atoms with Gasteiger partial charge in [0.1, 0.15) is 11.4 Å². The smallest absolute Gasteiger partial charge is 0.126 e. The maximum absolute atomic E-state index is 6.43. The van der Waals surface area contributed by atoms with Gasteiger partial charge < -0.3 is 9.47 Å². The van der Waals surface area contributed by atoms with E-state index in [1.54, 1.807) is 7.11 Å². The van der Waals surface area contributed by atoms with Crippen molar-refractivity contribution in [2.24, 2.45) is 0 Å². The van der Waals surface area contributed by atoms with Crippen molar-refractivity contribution in [3.63, 3.8) is 0 Å². The number of methoxy groups -OCH3 is 1. The lowest BCUT2D eigenvalue weighted by molar-refractivity contribution is 0.0524. The highest BCUT2D eigenvalue weighted by Crippen LogP contribution is 2.39. The molecule has 2 heteroatoms. The van der Waals surface area contributed by atoms with Gasteiger partial charge in [-0.05, 0) is 69.6 Å². The van der Waals surface area contributed by atoms with E-state index in [1.165, 1.54) is 42.4 Å². The van der Waals surface area contributed by atoms with Gasteiger partial charge in [0.25, 0.3) is 0 Å². The molecule has 0 fully saturated rings. The van der Waals surface area contributed by atoms with E-state index < -0.39 is 0 Å². The molecule has 1 aromatic rings. The Hall–Kier alpha value is -1.02. The minimum Gasteiger partial charge on any atom is -0.487 e. The van der Waals surface area contributed by atoms with Crippen LogP contribution < -0.4 is 4.74 Å². The Balaban J connectivity index is 1.88. The second-order valence-corrected chi connectivity index (χ2v) is 6.70. The average Bonchev–Trinajstić information content (AvgIpc) is 2.47. The number of aryl methyl sites for hydroxylation is 2.